The van der Waals surface area contributed by atoms with Crippen molar-refractivity contribution in [2.24, 2.45) is 5.92 Å². The molecule has 1 heterocycles. The lowest BCUT2D eigenvalue weighted by Crippen LogP contribution is -2.24. The molecule has 1 aliphatic rings. The van der Waals surface area contributed by atoms with Crippen molar-refractivity contribution in [3.63, 3.8) is 0 Å². The van der Waals surface area contributed by atoms with Gasteiger partial charge in [-0.2, -0.15) is 0 Å². The lowest BCUT2D eigenvalue weighted by Gasteiger charge is -2.26. The Morgan fingerprint density at radius 2 is 1.78 bits per heavy atom. The van der Waals surface area contributed by atoms with Gasteiger partial charge in [0.15, 0.2) is 0 Å². The van der Waals surface area contributed by atoms with Crippen molar-refractivity contribution in [2.45, 2.75) is 57.8 Å². The molecule has 2 aromatic carbocycles. The second-order valence-electron chi connectivity index (χ2n) is 8.84. The highest BCUT2D eigenvalue weighted by atomic mass is 16.1. The first kappa shape index (κ1) is 22.1. The summed E-state index contributed by atoms with van der Waals surface area (Å²) in [5.74, 6) is 0.449. The van der Waals surface area contributed by atoms with Crippen molar-refractivity contribution in [2.75, 3.05) is 0 Å². The third-order valence-electron chi connectivity index (χ3n) is 6.60. The minimum Gasteiger partial charge on any atom is -0.361 e. The highest BCUT2D eigenvalue weighted by Crippen LogP contribution is 2.34. The van der Waals surface area contributed by atoms with Crippen molar-refractivity contribution in [1.29, 1.82) is 0 Å². The molecule has 1 N–H and O–H groups in total. The number of aromatic amines is 1. The Labute approximate surface area is 191 Å². The van der Waals surface area contributed by atoms with Crippen LogP contribution in [0.2, 0.25) is 0 Å². The Bertz CT molecular complexity index is 1130. The van der Waals surface area contributed by atoms with Gasteiger partial charge in [0.1, 0.15) is 5.78 Å². The van der Waals surface area contributed by atoms with Gasteiger partial charge in [-0.1, -0.05) is 67.8 Å². The number of ketones is 1. The van der Waals surface area contributed by atoms with E-state index in [-0.39, 0.29) is 5.92 Å². The molecular weight excluding hydrogens is 390 g/mol. The fourth-order valence-corrected chi connectivity index (χ4v) is 4.46. The molecule has 1 fully saturated rings. The van der Waals surface area contributed by atoms with Crippen LogP contribution in [0.1, 0.15) is 63.4 Å². The Morgan fingerprint density at radius 1 is 1.00 bits per heavy atom. The van der Waals surface area contributed by atoms with Crippen LogP contribution in [0.5, 0.6) is 0 Å². The molecular formula is C30H32NO. The van der Waals surface area contributed by atoms with Gasteiger partial charge in [-0.05, 0) is 78.5 Å². The number of fused-ring (bicyclic) bond motifs is 1. The Balaban J connectivity index is 1.11. The zero-order chi connectivity index (χ0) is 22.2. The van der Waals surface area contributed by atoms with Crippen LogP contribution >= 0.6 is 0 Å². The highest BCUT2D eigenvalue weighted by Gasteiger charge is 2.29. The molecule has 2 nitrogen and oxygen atoms in total. The Kier molecular flexibility index (Phi) is 7.59. The number of aromatic nitrogens is 1. The van der Waals surface area contributed by atoms with Crippen LogP contribution < -0.4 is 0 Å². The average molecular weight is 423 g/mol. The molecule has 1 aliphatic carbocycles. The topological polar surface area (TPSA) is 32.9 Å². The Morgan fingerprint density at radius 3 is 2.56 bits per heavy atom. The predicted octanol–water partition coefficient (Wildman–Crippen LogP) is 8.07. The molecule has 0 aliphatic heterocycles. The number of unbranched alkanes of at least 4 members (excludes halogenated alkanes) is 5. The summed E-state index contributed by atoms with van der Waals surface area (Å²) in [5, 5.41) is 1.24. The normalized spacial score (nSPS) is 15.8. The monoisotopic (exact) mass is 422 g/mol. The summed E-state index contributed by atoms with van der Waals surface area (Å²) in [7, 11) is 0. The smallest absolute Gasteiger partial charge is 0.140 e. The second-order valence-corrected chi connectivity index (χ2v) is 8.84. The standard InChI is InChI=1S/C30H32NO/c1-2-24-18-19-28(24)30(32)11-9-7-5-3-4-6-8-10-23-12-14-25(15-13-23)27-17-16-26-20-21-31-29(26)22-27/h1,8,10,12-17,20-22,28,31H,3-7,9,11,18-19H2. The molecule has 1 aromatic heterocycles. The van der Waals surface area contributed by atoms with E-state index >= 15 is 0 Å². The first-order valence-electron chi connectivity index (χ1n) is 11.9. The fraction of sp³-hybridized carbons (Fsp3) is 0.333. The number of carbonyl (C=O) groups excluding carboxylic acids is 1. The molecule has 3 aromatic rings. The lowest BCUT2D eigenvalue weighted by atomic mass is 9.76. The van der Waals surface area contributed by atoms with E-state index in [0.29, 0.717) is 12.2 Å². The van der Waals surface area contributed by atoms with Crippen LogP contribution in [0.3, 0.4) is 0 Å². The summed E-state index contributed by atoms with van der Waals surface area (Å²) in [5.41, 5.74) is 8.59. The molecule has 32 heavy (non-hydrogen) atoms. The van der Waals surface area contributed by atoms with Gasteiger partial charge in [-0.25, -0.2) is 0 Å². The van der Waals surface area contributed by atoms with E-state index in [0.717, 1.165) is 37.7 Å². The molecule has 2 heteroatoms. The van der Waals surface area contributed by atoms with Crippen LogP contribution in [-0.2, 0) is 4.79 Å². The zero-order valence-electron chi connectivity index (χ0n) is 18.8. The maximum absolute atomic E-state index is 12.1. The van der Waals surface area contributed by atoms with Gasteiger partial charge >= 0.3 is 0 Å². The van der Waals surface area contributed by atoms with E-state index in [1.54, 1.807) is 0 Å². The number of rotatable bonds is 11. The van der Waals surface area contributed by atoms with E-state index in [1.807, 2.05) is 6.20 Å². The fourth-order valence-electron chi connectivity index (χ4n) is 4.46. The number of hydrogen-bond acceptors (Lipinski definition) is 1. The first-order chi connectivity index (χ1) is 15.7. The number of benzene rings is 2. The van der Waals surface area contributed by atoms with Crippen molar-refractivity contribution in [1.82, 2.24) is 4.98 Å². The summed E-state index contributed by atoms with van der Waals surface area (Å²) in [6.07, 6.45) is 16.0. The van der Waals surface area contributed by atoms with E-state index in [9.17, 15) is 4.79 Å². The molecule has 0 amide bonds. The summed E-state index contributed by atoms with van der Waals surface area (Å²) in [6, 6.07) is 17.4. The minimum absolute atomic E-state index is 0.0851. The molecule has 1 saturated carbocycles. The van der Waals surface area contributed by atoms with Gasteiger partial charge in [-0.3, -0.25) is 4.79 Å². The molecule has 0 saturated heterocycles. The molecule has 0 bridgehead atoms. The number of nitrogens with one attached hydrogen (secondary N) is 1. The number of hydrogen-bond donors (Lipinski definition) is 1. The SMILES string of the molecule is [CH]=C=C1CCC1C(=O)CCCCCCCC=Cc1ccc(-c2ccc3cc[nH]c3c2)cc1. The van der Waals surface area contributed by atoms with Gasteiger partial charge in [0.05, 0.1) is 0 Å². The van der Waals surface area contributed by atoms with Crippen molar-refractivity contribution >= 4 is 22.8 Å². The van der Waals surface area contributed by atoms with Crippen LogP contribution in [0.25, 0.3) is 28.1 Å². The van der Waals surface area contributed by atoms with Crippen molar-refractivity contribution in [3.8, 4) is 11.1 Å². The van der Waals surface area contributed by atoms with Gasteiger partial charge in [0.2, 0.25) is 0 Å². The molecule has 1 atom stereocenters. The Hall–Kier alpha value is -3.09. The van der Waals surface area contributed by atoms with Crippen molar-refractivity contribution in [3.05, 3.63) is 84.3 Å². The van der Waals surface area contributed by atoms with Gasteiger partial charge in [0, 0.05) is 24.1 Å². The van der Waals surface area contributed by atoms with Crippen LogP contribution in [0, 0.1) is 12.5 Å². The lowest BCUT2D eigenvalue weighted by molar-refractivity contribution is -0.123. The zero-order valence-corrected chi connectivity index (χ0v) is 18.8. The molecule has 4 rings (SSSR count). The largest absolute Gasteiger partial charge is 0.361 e. The second kappa shape index (κ2) is 11.0. The van der Waals surface area contributed by atoms with Crippen LogP contribution in [0.4, 0.5) is 0 Å². The van der Waals surface area contributed by atoms with Crippen LogP contribution in [-0.4, -0.2) is 10.8 Å². The van der Waals surface area contributed by atoms with E-state index in [4.69, 9.17) is 6.58 Å². The number of H-pyrrole nitrogens is 1. The van der Waals surface area contributed by atoms with Crippen LogP contribution in [0.15, 0.2) is 72.1 Å². The minimum atomic E-state index is 0.0851. The predicted molar refractivity (Wildman–Crippen MR) is 134 cm³/mol. The maximum Gasteiger partial charge on any atom is 0.140 e. The van der Waals surface area contributed by atoms with E-state index in [1.165, 1.54) is 46.9 Å². The molecule has 1 unspecified atom stereocenters. The summed E-state index contributed by atoms with van der Waals surface area (Å²) in [4.78, 5) is 15.4. The van der Waals surface area contributed by atoms with Gasteiger partial charge < -0.3 is 4.98 Å². The summed E-state index contributed by atoms with van der Waals surface area (Å²) in [6.45, 7) is 5.43. The first-order valence-corrected chi connectivity index (χ1v) is 11.9. The number of allylic oxidation sites excluding steroid dienone is 2. The third kappa shape index (κ3) is 5.58. The van der Waals surface area contributed by atoms with Crippen molar-refractivity contribution < 1.29 is 4.79 Å². The molecule has 163 valence electrons. The maximum atomic E-state index is 12.1. The third-order valence-corrected chi connectivity index (χ3v) is 6.60. The molecule has 1 radical (unpaired) electrons. The van der Waals surface area contributed by atoms with E-state index in [2.05, 4.69) is 71.4 Å². The quantitative estimate of drug-likeness (QED) is 0.246. The summed E-state index contributed by atoms with van der Waals surface area (Å²) >= 11 is 0. The number of carbonyl (C=O) groups is 1. The van der Waals surface area contributed by atoms with Gasteiger partial charge in [-0.15, -0.1) is 5.73 Å². The summed E-state index contributed by atoms with van der Waals surface area (Å²) < 4.78 is 0. The number of Topliss-reactive ketones (excluding diaryl/α,β-unsaturated/α-hetero) is 1. The highest BCUT2D eigenvalue weighted by molar-refractivity contribution is 5.85. The van der Waals surface area contributed by atoms with Gasteiger partial charge in [0.25, 0.3) is 0 Å². The molecule has 0 spiro atoms. The average Bonchev–Trinajstić information content (AvgIpc) is 3.26. The van der Waals surface area contributed by atoms with E-state index < -0.39 is 0 Å².